The molecule has 5 atom stereocenters. The molecule has 1 fully saturated rings. The lowest BCUT2D eigenvalue weighted by Gasteiger charge is -2.50. The minimum atomic E-state index is -2.93. The van der Waals surface area contributed by atoms with Crippen LogP contribution in [0.5, 0.6) is 0 Å². The average Bonchev–Trinajstić information content (AvgIpc) is 3.00. The highest BCUT2D eigenvalue weighted by Gasteiger charge is 2.58. The predicted octanol–water partition coefficient (Wildman–Crippen LogP) is 5.41. The second-order valence-electron chi connectivity index (χ2n) is 12.5. The third-order valence-corrected chi connectivity index (χ3v) is 13.2. The Morgan fingerprint density at radius 1 is 0.791 bits per heavy atom. The van der Waals surface area contributed by atoms with Crippen LogP contribution in [0, 0.1) is 0 Å². The summed E-state index contributed by atoms with van der Waals surface area (Å²) in [7, 11) is -2.93. The summed E-state index contributed by atoms with van der Waals surface area (Å²) in [6.45, 7) is 14.4. The molecule has 0 radical (unpaired) electrons. The molecule has 0 spiro atoms. The monoisotopic (exact) mass is 614 g/mol. The number of hydrogen-bond acceptors (Lipinski definition) is 7. The Hall–Kier alpha value is -1.91. The number of rotatable bonds is 18. The Kier molecular flexibility index (Phi) is 14.0. The minimum Gasteiger partial charge on any atom is -0.405 e. The normalized spacial score (nSPS) is 24.6. The lowest BCUT2D eigenvalue weighted by atomic mass is 9.92. The maximum atomic E-state index is 12.5. The first-order valence-electron chi connectivity index (χ1n) is 16.1. The van der Waals surface area contributed by atoms with E-state index in [9.17, 15) is 9.90 Å². The Balaban J connectivity index is 2.07. The van der Waals surface area contributed by atoms with Gasteiger partial charge in [0.05, 0.1) is 6.61 Å². The number of ether oxygens (including phenoxy) is 4. The van der Waals surface area contributed by atoms with Gasteiger partial charge in [0.15, 0.2) is 6.29 Å². The molecule has 240 valence electrons. The smallest absolute Gasteiger partial charge is 0.261 e. The number of carbonyl (C=O) groups is 1. The molecule has 2 aromatic rings. The lowest BCUT2D eigenvalue weighted by molar-refractivity contribution is -0.343. The van der Waals surface area contributed by atoms with E-state index < -0.39 is 38.5 Å². The predicted molar refractivity (Wildman–Crippen MR) is 173 cm³/mol. The fourth-order valence-electron chi connectivity index (χ4n) is 5.87. The van der Waals surface area contributed by atoms with E-state index in [4.69, 9.17) is 23.4 Å². The number of unbranched alkanes of at least 4 members (excludes halogenated alkanes) is 3. The molecule has 0 saturated carbocycles. The maximum Gasteiger partial charge on any atom is 0.261 e. The molecule has 7 nitrogen and oxygen atoms in total. The van der Waals surface area contributed by atoms with Crippen LogP contribution >= 0.6 is 0 Å². The van der Waals surface area contributed by atoms with Crippen molar-refractivity contribution in [3.05, 3.63) is 60.7 Å². The van der Waals surface area contributed by atoms with E-state index in [1.165, 1.54) is 0 Å². The van der Waals surface area contributed by atoms with Gasteiger partial charge in [0.1, 0.15) is 24.4 Å². The van der Waals surface area contributed by atoms with Gasteiger partial charge in [-0.3, -0.25) is 4.79 Å². The van der Waals surface area contributed by atoms with Crippen molar-refractivity contribution in [1.29, 1.82) is 0 Å². The zero-order valence-corrected chi connectivity index (χ0v) is 28.1. The van der Waals surface area contributed by atoms with Crippen LogP contribution < -0.4 is 10.4 Å². The molecule has 1 N–H and O–H groups in total. The molecule has 8 heteroatoms. The van der Waals surface area contributed by atoms with Gasteiger partial charge in [-0.2, -0.15) is 0 Å². The largest absolute Gasteiger partial charge is 0.405 e. The van der Waals surface area contributed by atoms with Gasteiger partial charge < -0.3 is 28.5 Å². The summed E-state index contributed by atoms with van der Waals surface area (Å²) in [6, 6.07) is 20.8. The van der Waals surface area contributed by atoms with Gasteiger partial charge in [0.2, 0.25) is 0 Å². The molecular formula is C35H54O7Si. The van der Waals surface area contributed by atoms with Crippen LogP contribution in [-0.2, 0) is 28.2 Å². The first kappa shape index (κ1) is 35.6. The van der Waals surface area contributed by atoms with E-state index in [2.05, 4.69) is 65.8 Å². The molecule has 1 heterocycles. The van der Waals surface area contributed by atoms with Crippen molar-refractivity contribution in [3.63, 3.8) is 0 Å². The number of benzene rings is 2. The molecule has 3 rings (SSSR count). The fraction of sp³-hybridized carbons (Fsp3) is 0.629. The molecule has 0 bridgehead atoms. The van der Waals surface area contributed by atoms with Crippen LogP contribution in [0.15, 0.2) is 60.7 Å². The highest BCUT2D eigenvalue weighted by Crippen LogP contribution is 2.39. The van der Waals surface area contributed by atoms with Crippen LogP contribution in [0.1, 0.15) is 80.1 Å². The van der Waals surface area contributed by atoms with Gasteiger partial charge in [-0.15, -0.1) is 0 Å². The van der Waals surface area contributed by atoms with Gasteiger partial charge in [0.25, 0.3) is 14.1 Å². The second kappa shape index (κ2) is 17.0. The number of aldehydes is 1. The molecule has 0 aromatic heterocycles. The Bertz CT molecular complexity index is 1020. The van der Waals surface area contributed by atoms with Gasteiger partial charge in [-0.05, 0) is 34.7 Å². The summed E-state index contributed by atoms with van der Waals surface area (Å²) in [6.07, 6.45) is 2.65. The summed E-state index contributed by atoms with van der Waals surface area (Å²) in [5.74, 6) is -2.20. The van der Waals surface area contributed by atoms with Crippen molar-refractivity contribution in [2.45, 2.75) is 115 Å². The zero-order valence-electron chi connectivity index (χ0n) is 27.1. The van der Waals surface area contributed by atoms with E-state index in [1.807, 2.05) is 36.4 Å². The van der Waals surface area contributed by atoms with Crippen molar-refractivity contribution in [2.75, 3.05) is 26.4 Å². The zero-order chi connectivity index (χ0) is 31.3. The summed E-state index contributed by atoms with van der Waals surface area (Å²) in [4.78, 5) is 12.5. The summed E-state index contributed by atoms with van der Waals surface area (Å²) in [5.41, 5.74) is 0. The van der Waals surface area contributed by atoms with Gasteiger partial charge in [-0.25, -0.2) is 0 Å². The number of hydrogen-bond donors (Lipinski definition) is 1. The second-order valence-corrected chi connectivity index (χ2v) is 16.8. The van der Waals surface area contributed by atoms with Crippen LogP contribution in [0.25, 0.3) is 0 Å². The van der Waals surface area contributed by atoms with Crippen molar-refractivity contribution in [3.8, 4) is 0 Å². The van der Waals surface area contributed by atoms with Crippen molar-refractivity contribution in [2.24, 2.45) is 0 Å². The highest BCUT2D eigenvalue weighted by atomic mass is 28.4. The first-order valence-corrected chi connectivity index (χ1v) is 18.1. The Morgan fingerprint density at radius 3 is 1.70 bits per heavy atom. The van der Waals surface area contributed by atoms with Crippen LogP contribution in [0.4, 0.5) is 0 Å². The van der Waals surface area contributed by atoms with Crippen molar-refractivity contribution >= 4 is 25.0 Å². The van der Waals surface area contributed by atoms with Crippen LogP contribution in [0.3, 0.4) is 0 Å². The molecule has 0 amide bonds. The molecule has 0 aliphatic carbocycles. The molecule has 1 saturated heterocycles. The Morgan fingerprint density at radius 2 is 1.26 bits per heavy atom. The van der Waals surface area contributed by atoms with Gasteiger partial charge in [-0.1, -0.05) is 121 Å². The summed E-state index contributed by atoms with van der Waals surface area (Å²) >= 11 is 0. The lowest BCUT2D eigenvalue weighted by Crippen LogP contribution is -2.70. The minimum absolute atomic E-state index is 0.107. The van der Waals surface area contributed by atoms with E-state index in [1.54, 1.807) is 0 Å². The standard InChI is InChI=1S/C35H54O7Si/c1-7-10-23-38-31-30(42-35(37,27-36)33(40-25-12-9-3)32(31)39-24-11-8-2)26-41-43(34(4,5)6,28-19-15-13-16-20-28)29-21-17-14-18-22-29/h13-22,27,30-33,37H,7-12,23-26H2,1-6H3/t30-,31-,32+,33-,35?/m1/s1. The molecule has 2 aromatic carbocycles. The highest BCUT2D eigenvalue weighted by molar-refractivity contribution is 6.99. The van der Waals surface area contributed by atoms with Crippen molar-refractivity contribution in [1.82, 2.24) is 0 Å². The van der Waals surface area contributed by atoms with Gasteiger partial charge in [0, 0.05) is 19.8 Å². The quantitative estimate of drug-likeness (QED) is 0.137. The molecule has 1 unspecified atom stereocenters. The third-order valence-electron chi connectivity index (χ3n) is 8.20. The van der Waals surface area contributed by atoms with E-state index in [0.717, 1.165) is 48.9 Å². The first-order chi connectivity index (χ1) is 20.7. The summed E-state index contributed by atoms with van der Waals surface area (Å²) in [5, 5.41) is 13.7. The summed E-state index contributed by atoms with van der Waals surface area (Å²) < 4.78 is 32.5. The molecule has 1 aliphatic rings. The van der Waals surface area contributed by atoms with E-state index in [0.29, 0.717) is 26.1 Å². The maximum absolute atomic E-state index is 12.5. The number of carbonyl (C=O) groups excluding carboxylic acids is 1. The van der Waals surface area contributed by atoms with E-state index in [-0.39, 0.29) is 11.6 Å². The molecule has 1 aliphatic heterocycles. The SMILES string of the molecule is CCCCO[C@H]1[C@H](OCCCC)[C@@H](CO[Si](c2ccccc2)(c2ccccc2)C(C)(C)C)OC(O)(C=O)[C@@H]1OCCCC. The topological polar surface area (TPSA) is 83.5 Å². The van der Waals surface area contributed by atoms with Crippen LogP contribution in [-0.4, -0.2) is 76.3 Å². The third kappa shape index (κ3) is 8.63. The van der Waals surface area contributed by atoms with Crippen LogP contribution in [0.2, 0.25) is 5.04 Å². The number of aliphatic hydroxyl groups is 1. The molecule has 43 heavy (non-hydrogen) atoms. The fourth-order valence-corrected chi connectivity index (χ4v) is 10.4. The van der Waals surface area contributed by atoms with E-state index >= 15 is 0 Å². The van der Waals surface area contributed by atoms with Gasteiger partial charge >= 0.3 is 0 Å². The van der Waals surface area contributed by atoms with Crippen molar-refractivity contribution < 1.29 is 33.3 Å². The molecular weight excluding hydrogens is 560 g/mol. The Labute approximate surface area is 260 Å². The average molecular weight is 615 g/mol.